The molecule has 0 spiro atoms. The van der Waals surface area contributed by atoms with Gasteiger partial charge in [0.25, 0.3) is 0 Å². The van der Waals surface area contributed by atoms with Crippen molar-refractivity contribution in [3.05, 3.63) is 71.0 Å². The minimum atomic E-state index is 0.360. The maximum atomic E-state index is 7.00. The van der Waals surface area contributed by atoms with Crippen LogP contribution in [0.2, 0.25) is 0 Å². The lowest BCUT2D eigenvalue weighted by Gasteiger charge is -2.44. The van der Waals surface area contributed by atoms with Gasteiger partial charge in [-0.15, -0.1) is 0 Å². The Morgan fingerprint density at radius 1 is 0.944 bits per heavy atom. The molecular weight excluding hydrogens is 436 g/mol. The Labute approximate surface area is 219 Å². The first kappa shape index (κ1) is 24.5. The lowest BCUT2D eigenvalue weighted by atomic mass is 9.62. The first-order valence-electron chi connectivity index (χ1n) is 15.3. The smallest absolute Gasteiger partial charge is 0.0207 e. The molecule has 2 heteroatoms. The lowest BCUT2D eigenvalue weighted by Crippen LogP contribution is -2.41. The van der Waals surface area contributed by atoms with Gasteiger partial charge in [0, 0.05) is 18.5 Å². The number of fused-ring (bicyclic) bond motifs is 2. The fourth-order valence-corrected chi connectivity index (χ4v) is 8.72. The summed E-state index contributed by atoms with van der Waals surface area (Å²) in [7, 11) is 0. The van der Waals surface area contributed by atoms with Crippen LogP contribution in [0.5, 0.6) is 0 Å². The van der Waals surface area contributed by atoms with Crippen LogP contribution >= 0.6 is 0 Å². The van der Waals surface area contributed by atoms with Crippen LogP contribution < -0.4 is 11.1 Å². The van der Waals surface area contributed by atoms with E-state index in [0.717, 1.165) is 18.4 Å². The molecule has 0 saturated heterocycles. The summed E-state index contributed by atoms with van der Waals surface area (Å²) in [5, 5.41) is 3.39. The molecule has 0 amide bonds. The van der Waals surface area contributed by atoms with Crippen molar-refractivity contribution in [3.63, 3.8) is 0 Å². The van der Waals surface area contributed by atoms with Crippen molar-refractivity contribution in [1.29, 1.82) is 0 Å². The lowest BCUT2D eigenvalue weighted by molar-refractivity contribution is 0.204. The highest BCUT2D eigenvalue weighted by molar-refractivity contribution is 5.37. The first-order chi connectivity index (χ1) is 17.7. The largest absolute Gasteiger partial charge is 0.391 e. The van der Waals surface area contributed by atoms with E-state index in [4.69, 9.17) is 5.73 Å². The summed E-state index contributed by atoms with van der Waals surface area (Å²) in [5.41, 5.74) is 14.1. The average Bonchev–Trinajstić information content (AvgIpc) is 3.48. The number of hydrogen-bond donors (Lipinski definition) is 2. The van der Waals surface area contributed by atoms with Crippen molar-refractivity contribution >= 4 is 0 Å². The Kier molecular flexibility index (Phi) is 7.43. The molecule has 1 heterocycles. The standard InChI is InChI=1S/C34H48N2/c1-23(29-18-19-36-22-29)20-34(35)33-17-16-30(31-8-4-5-9-32(31)33)26-13-10-25(11-14-26)28-15-12-24-6-2-3-7-27(24)21-28/h2-3,6-7,10,18-19,21,23-24,26,28-29,32-34,36H,4-5,8-9,11-17,20,22,35H2,1H3/t23-,24?,26?,28?,29?,32?,33?,34?/m0/s1. The van der Waals surface area contributed by atoms with Crippen LogP contribution in [-0.2, 0) is 0 Å². The molecule has 1 fully saturated rings. The van der Waals surface area contributed by atoms with Crippen molar-refractivity contribution in [2.24, 2.45) is 47.2 Å². The van der Waals surface area contributed by atoms with Crippen molar-refractivity contribution in [3.8, 4) is 0 Å². The van der Waals surface area contributed by atoms with Gasteiger partial charge in [-0.2, -0.15) is 0 Å². The summed E-state index contributed by atoms with van der Waals surface area (Å²) >= 11 is 0. The second kappa shape index (κ2) is 10.9. The Bertz CT molecular complexity index is 991. The molecule has 0 aromatic carbocycles. The van der Waals surface area contributed by atoms with Crippen LogP contribution in [0.15, 0.2) is 71.0 Å². The molecular formula is C34H48N2. The summed E-state index contributed by atoms with van der Waals surface area (Å²) in [4.78, 5) is 0. The summed E-state index contributed by atoms with van der Waals surface area (Å²) in [5.74, 6) is 4.99. The number of nitrogens with one attached hydrogen (secondary N) is 1. The fourth-order valence-electron chi connectivity index (χ4n) is 8.72. The molecule has 6 aliphatic rings. The molecule has 0 aromatic heterocycles. The van der Waals surface area contributed by atoms with Crippen molar-refractivity contribution < 1.29 is 0 Å². The monoisotopic (exact) mass is 484 g/mol. The summed E-state index contributed by atoms with van der Waals surface area (Å²) in [6.07, 6.45) is 35.0. The normalized spacial score (nSPS) is 37.5. The Hall–Kier alpha value is -1.80. The van der Waals surface area contributed by atoms with Crippen LogP contribution in [0, 0.1) is 41.4 Å². The van der Waals surface area contributed by atoms with E-state index < -0.39 is 0 Å². The van der Waals surface area contributed by atoms with Gasteiger partial charge in [0.1, 0.15) is 0 Å². The predicted molar refractivity (Wildman–Crippen MR) is 152 cm³/mol. The van der Waals surface area contributed by atoms with Crippen molar-refractivity contribution in [1.82, 2.24) is 5.32 Å². The maximum Gasteiger partial charge on any atom is 0.0207 e. The van der Waals surface area contributed by atoms with Gasteiger partial charge < -0.3 is 11.1 Å². The van der Waals surface area contributed by atoms with Crippen LogP contribution in [-0.4, -0.2) is 12.6 Å². The van der Waals surface area contributed by atoms with Gasteiger partial charge in [-0.1, -0.05) is 72.6 Å². The second-order valence-corrected chi connectivity index (χ2v) is 12.9. The molecule has 0 radical (unpaired) electrons. The van der Waals surface area contributed by atoms with E-state index in [0.29, 0.717) is 35.6 Å². The highest BCUT2D eigenvalue weighted by Crippen LogP contribution is 2.50. The topological polar surface area (TPSA) is 38.0 Å². The molecule has 7 unspecified atom stereocenters. The molecule has 6 rings (SSSR count). The van der Waals surface area contributed by atoms with Crippen LogP contribution in [0.1, 0.15) is 84.0 Å². The minimum Gasteiger partial charge on any atom is -0.391 e. The number of allylic oxidation sites excluding steroid dienone is 10. The van der Waals surface area contributed by atoms with Crippen molar-refractivity contribution in [2.75, 3.05) is 6.54 Å². The second-order valence-electron chi connectivity index (χ2n) is 12.9. The van der Waals surface area contributed by atoms with Gasteiger partial charge in [-0.05, 0) is 118 Å². The van der Waals surface area contributed by atoms with E-state index in [2.05, 4.69) is 61.0 Å². The Morgan fingerprint density at radius 3 is 2.69 bits per heavy atom. The van der Waals surface area contributed by atoms with Gasteiger partial charge in [0.2, 0.25) is 0 Å². The molecule has 0 bridgehead atoms. The predicted octanol–water partition coefficient (Wildman–Crippen LogP) is 7.77. The maximum absolute atomic E-state index is 7.00. The SMILES string of the molecule is C[C@@H](CC(N)C1CCC(C2CC=C(C3C=C4C=CC=CC4CC3)CC2)=C2CCCCC21)C1C=CNC1. The summed E-state index contributed by atoms with van der Waals surface area (Å²) in [6, 6.07) is 0.360. The molecule has 5 aliphatic carbocycles. The summed E-state index contributed by atoms with van der Waals surface area (Å²) < 4.78 is 0. The third-order valence-corrected chi connectivity index (χ3v) is 10.8. The van der Waals surface area contributed by atoms with Gasteiger partial charge >= 0.3 is 0 Å². The zero-order valence-electron chi connectivity index (χ0n) is 22.5. The van der Waals surface area contributed by atoms with Crippen LogP contribution in [0.25, 0.3) is 0 Å². The zero-order chi connectivity index (χ0) is 24.5. The first-order valence-corrected chi connectivity index (χ1v) is 15.3. The molecule has 36 heavy (non-hydrogen) atoms. The van der Waals surface area contributed by atoms with Gasteiger partial charge in [-0.25, -0.2) is 0 Å². The fraction of sp³-hybridized carbons (Fsp3) is 0.647. The minimum absolute atomic E-state index is 0.360. The zero-order valence-corrected chi connectivity index (χ0v) is 22.5. The van der Waals surface area contributed by atoms with Crippen molar-refractivity contribution in [2.45, 2.75) is 90.0 Å². The third kappa shape index (κ3) is 5.00. The quantitative estimate of drug-likeness (QED) is 0.378. The molecule has 2 nitrogen and oxygen atoms in total. The van der Waals surface area contributed by atoms with E-state index in [-0.39, 0.29) is 0 Å². The van der Waals surface area contributed by atoms with Gasteiger partial charge in [-0.3, -0.25) is 0 Å². The highest BCUT2D eigenvalue weighted by Gasteiger charge is 2.39. The highest BCUT2D eigenvalue weighted by atomic mass is 14.9. The van der Waals surface area contributed by atoms with E-state index in [9.17, 15) is 0 Å². The van der Waals surface area contributed by atoms with Crippen LogP contribution in [0.4, 0.5) is 0 Å². The molecule has 3 N–H and O–H groups in total. The van der Waals surface area contributed by atoms with Gasteiger partial charge in [0.15, 0.2) is 0 Å². The van der Waals surface area contributed by atoms with E-state index in [1.807, 2.05) is 11.1 Å². The number of hydrogen-bond acceptors (Lipinski definition) is 2. The van der Waals surface area contributed by atoms with Gasteiger partial charge in [0.05, 0.1) is 0 Å². The average molecular weight is 485 g/mol. The molecule has 194 valence electrons. The molecule has 1 saturated carbocycles. The van der Waals surface area contributed by atoms with E-state index in [1.165, 1.54) is 77.0 Å². The van der Waals surface area contributed by atoms with Crippen LogP contribution in [0.3, 0.4) is 0 Å². The number of rotatable bonds is 6. The molecule has 0 aromatic rings. The number of nitrogens with two attached hydrogens (primary N) is 1. The van der Waals surface area contributed by atoms with E-state index >= 15 is 0 Å². The third-order valence-electron chi connectivity index (χ3n) is 10.8. The van der Waals surface area contributed by atoms with E-state index in [1.54, 1.807) is 11.1 Å². The molecule has 8 atom stereocenters. The summed E-state index contributed by atoms with van der Waals surface area (Å²) in [6.45, 7) is 3.52. The molecule has 1 aliphatic heterocycles. The Balaban J connectivity index is 1.13. The Morgan fingerprint density at radius 2 is 1.86 bits per heavy atom.